The Labute approximate surface area is 316 Å². The maximum atomic E-state index is 14.4. The number of rotatable bonds is 21. The summed E-state index contributed by atoms with van der Waals surface area (Å²) in [5.74, 6) is -2.89. The molecule has 0 spiro atoms. The Balaban J connectivity index is 1.80. The van der Waals surface area contributed by atoms with Crippen molar-refractivity contribution in [3.63, 3.8) is 0 Å². The van der Waals surface area contributed by atoms with Crippen LogP contribution in [-0.2, 0) is 39.9 Å². The number of nitrogens with one attached hydrogen (secondary N) is 3. The summed E-state index contributed by atoms with van der Waals surface area (Å²) in [6, 6.07) is 5.92. The molecule has 13 nitrogen and oxygen atoms in total. The lowest BCUT2D eigenvalue weighted by Crippen LogP contribution is -2.59. The fraction of sp³-hybridized carbons (Fsp3) is 0.725. The number of amides is 4. The Hall–Kier alpha value is -3.55. The average molecular weight is 744 g/mol. The summed E-state index contributed by atoms with van der Waals surface area (Å²) in [5.41, 5.74) is 0.789. The molecule has 1 aromatic rings. The first-order chi connectivity index (χ1) is 25.0. The third-order valence-corrected chi connectivity index (χ3v) is 11.5. The summed E-state index contributed by atoms with van der Waals surface area (Å²) >= 11 is 0. The number of likely N-dealkylation sites (tertiary alicyclic amines) is 1. The van der Waals surface area contributed by atoms with Crippen LogP contribution in [0.15, 0.2) is 30.3 Å². The van der Waals surface area contributed by atoms with Gasteiger partial charge in [0, 0.05) is 33.7 Å². The van der Waals surface area contributed by atoms with E-state index >= 15 is 0 Å². The van der Waals surface area contributed by atoms with Gasteiger partial charge in [-0.15, -0.1) is 0 Å². The molecular formula is C40H65N5O8. The highest BCUT2D eigenvalue weighted by atomic mass is 16.5. The van der Waals surface area contributed by atoms with Crippen LogP contribution in [0.2, 0.25) is 0 Å². The van der Waals surface area contributed by atoms with Crippen LogP contribution in [0.25, 0.3) is 0 Å². The van der Waals surface area contributed by atoms with Crippen molar-refractivity contribution in [1.82, 2.24) is 25.8 Å². The van der Waals surface area contributed by atoms with Gasteiger partial charge in [-0.25, -0.2) is 4.79 Å². The van der Waals surface area contributed by atoms with Crippen LogP contribution in [0, 0.1) is 29.6 Å². The van der Waals surface area contributed by atoms with E-state index in [9.17, 15) is 29.1 Å². The molecule has 4 amide bonds. The number of piperidine rings is 1. The van der Waals surface area contributed by atoms with Crippen LogP contribution in [0.5, 0.6) is 0 Å². The first kappa shape index (κ1) is 43.9. The highest BCUT2D eigenvalue weighted by Crippen LogP contribution is 2.50. The molecule has 53 heavy (non-hydrogen) atoms. The molecule has 1 aliphatic heterocycles. The van der Waals surface area contributed by atoms with Crippen molar-refractivity contribution in [3.8, 4) is 0 Å². The van der Waals surface area contributed by atoms with Gasteiger partial charge >= 0.3 is 5.97 Å². The second-order valence-electron chi connectivity index (χ2n) is 15.8. The third-order valence-electron chi connectivity index (χ3n) is 11.5. The molecule has 1 saturated heterocycles. The molecule has 13 heteroatoms. The van der Waals surface area contributed by atoms with E-state index in [1.165, 1.54) is 7.11 Å². The lowest BCUT2D eigenvalue weighted by atomic mass is 9.89. The molecule has 2 aliphatic rings. The quantitative estimate of drug-likeness (QED) is 0.148. The second-order valence-corrected chi connectivity index (χ2v) is 15.8. The number of hydrogen-bond donors (Lipinski definition) is 4. The van der Waals surface area contributed by atoms with Crippen molar-refractivity contribution in [1.29, 1.82) is 0 Å². The number of likely N-dealkylation sites (N-methyl/N-ethyl adjacent to an activating group) is 2. The van der Waals surface area contributed by atoms with E-state index in [1.807, 2.05) is 76.8 Å². The van der Waals surface area contributed by atoms with Crippen molar-refractivity contribution < 1.29 is 38.6 Å². The fourth-order valence-electron chi connectivity index (χ4n) is 8.10. The first-order valence-corrected chi connectivity index (χ1v) is 19.2. The number of carboxylic acid groups (broad SMARTS) is 1. The minimum absolute atomic E-state index is 0.00586. The molecule has 2 fully saturated rings. The molecule has 1 saturated carbocycles. The minimum Gasteiger partial charge on any atom is -0.480 e. The standard InChI is InChI=1S/C40H65N5O8/c1-12-24(6)35(44(9)39(49)34(23(4)5)43-38(48)33(41-8)22(2)3)31(52-10)21-32(46)45-29-19-27(29)20-30(45)36(53-11)25(7)37(47)42-28(40(50)51)18-26-16-14-13-15-17-26/h13-17,22-25,27-31,33-36,41H,12,18-21H2,1-11H3,(H,42,47)(H,43,48)(H,50,51)/t24-,25+,27-,28-,29-,30-,31?,33-,34-,35?,36?/m0/s1. The van der Waals surface area contributed by atoms with Gasteiger partial charge < -0.3 is 40.3 Å². The zero-order chi connectivity index (χ0) is 39.7. The molecule has 0 aromatic heterocycles. The topological polar surface area (TPSA) is 167 Å². The molecule has 1 aromatic carbocycles. The van der Waals surface area contributed by atoms with E-state index in [0.717, 1.165) is 18.4 Å². The molecular weight excluding hydrogens is 678 g/mol. The largest absolute Gasteiger partial charge is 0.480 e. The second kappa shape index (κ2) is 19.7. The molecule has 298 valence electrons. The van der Waals surface area contributed by atoms with Gasteiger partial charge in [0.05, 0.1) is 42.7 Å². The summed E-state index contributed by atoms with van der Waals surface area (Å²) in [4.78, 5) is 70.9. The van der Waals surface area contributed by atoms with Crippen molar-refractivity contribution >= 4 is 29.6 Å². The van der Waals surface area contributed by atoms with Gasteiger partial charge in [0.25, 0.3) is 0 Å². The Bertz CT molecular complexity index is 1390. The van der Waals surface area contributed by atoms with Crippen LogP contribution in [0.1, 0.15) is 79.7 Å². The van der Waals surface area contributed by atoms with E-state index in [2.05, 4.69) is 16.0 Å². The lowest BCUT2D eigenvalue weighted by Gasteiger charge is -2.41. The van der Waals surface area contributed by atoms with Gasteiger partial charge in [-0.2, -0.15) is 0 Å². The number of methoxy groups -OCH3 is 2. The predicted octanol–water partition coefficient (Wildman–Crippen LogP) is 3.10. The Kier molecular flexibility index (Phi) is 16.3. The number of hydrogen-bond acceptors (Lipinski definition) is 8. The zero-order valence-corrected chi connectivity index (χ0v) is 33.6. The number of nitrogens with zero attached hydrogens (tertiary/aromatic N) is 2. The van der Waals surface area contributed by atoms with Crippen molar-refractivity contribution in [2.45, 2.75) is 129 Å². The fourth-order valence-corrected chi connectivity index (χ4v) is 8.10. The number of aliphatic carboxylic acids is 1. The lowest BCUT2D eigenvalue weighted by molar-refractivity contribution is -0.149. The maximum absolute atomic E-state index is 14.4. The smallest absolute Gasteiger partial charge is 0.326 e. The van der Waals surface area contributed by atoms with E-state index in [0.29, 0.717) is 12.3 Å². The summed E-state index contributed by atoms with van der Waals surface area (Å²) in [7, 11) is 6.51. The number of carbonyl (C=O) groups is 5. The van der Waals surface area contributed by atoms with Gasteiger partial charge in [-0.1, -0.05) is 85.2 Å². The van der Waals surface area contributed by atoms with Gasteiger partial charge in [-0.05, 0) is 49.1 Å². The van der Waals surface area contributed by atoms with Crippen LogP contribution in [0.4, 0.5) is 0 Å². The molecule has 0 bridgehead atoms. The SMILES string of the molecule is CC[C@H](C)C(C(CC(=O)N1[C@H](C(OC)[C@@H](C)C(=O)N[C@@H](Cc2ccccc2)C(=O)O)C[C@@H]2C[C@@H]21)OC)N(C)C(=O)[C@@H](NC(=O)[C@@H](NC)C(C)C)C(C)C. The third kappa shape index (κ3) is 10.8. The Morgan fingerprint density at radius 1 is 0.906 bits per heavy atom. The van der Waals surface area contributed by atoms with Crippen LogP contribution in [-0.4, -0.2) is 121 Å². The highest BCUT2D eigenvalue weighted by molar-refractivity contribution is 5.90. The van der Waals surface area contributed by atoms with Gasteiger partial charge in [-0.3, -0.25) is 19.2 Å². The van der Waals surface area contributed by atoms with E-state index in [1.54, 1.807) is 33.0 Å². The summed E-state index contributed by atoms with van der Waals surface area (Å²) in [6.45, 7) is 13.4. The van der Waals surface area contributed by atoms with Crippen molar-refractivity contribution in [2.24, 2.45) is 29.6 Å². The molecule has 0 radical (unpaired) electrons. The molecule has 1 aliphatic carbocycles. The molecule has 11 atom stereocenters. The highest BCUT2D eigenvalue weighted by Gasteiger charge is 2.57. The number of benzene rings is 1. The summed E-state index contributed by atoms with van der Waals surface area (Å²) in [5, 5.41) is 18.6. The van der Waals surface area contributed by atoms with Gasteiger partial charge in [0.1, 0.15) is 12.1 Å². The molecule has 4 N–H and O–H groups in total. The first-order valence-electron chi connectivity index (χ1n) is 19.2. The monoisotopic (exact) mass is 743 g/mol. The number of ether oxygens (including phenoxy) is 2. The maximum Gasteiger partial charge on any atom is 0.326 e. The average Bonchev–Trinajstić information content (AvgIpc) is 3.78. The predicted molar refractivity (Wildman–Crippen MR) is 203 cm³/mol. The zero-order valence-electron chi connectivity index (χ0n) is 33.6. The van der Waals surface area contributed by atoms with E-state index < -0.39 is 60.2 Å². The molecule has 1 heterocycles. The van der Waals surface area contributed by atoms with E-state index in [-0.39, 0.29) is 54.4 Å². The van der Waals surface area contributed by atoms with Crippen molar-refractivity contribution in [2.75, 3.05) is 28.3 Å². The van der Waals surface area contributed by atoms with Gasteiger partial charge in [0.2, 0.25) is 23.6 Å². The van der Waals surface area contributed by atoms with Crippen LogP contribution in [0.3, 0.4) is 0 Å². The number of carboxylic acids is 1. The summed E-state index contributed by atoms with van der Waals surface area (Å²) < 4.78 is 12.0. The summed E-state index contributed by atoms with van der Waals surface area (Å²) in [6.07, 6.45) is 1.08. The Morgan fingerprint density at radius 2 is 1.53 bits per heavy atom. The van der Waals surface area contributed by atoms with Crippen molar-refractivity contribution in [3.05, 3.63) is 35.9 Å². The van der Waals surface area contributed by atoms with Crippen LogP contribution < -0.4 is 16.0 Å². The number of carbonyl (C=O) groups excluding carboxylic acids is 4. The Morgan fingerprint density at radius 3 is 2.04 bits per heavy atom. The normalized spacial score (nSPS) is 22.5. The molecule has 3 rings (SSSR count). The molecule has 3 unspecified atom stereocenters. The van der Waals surface area contributed by atoms with Gasteiger partial charge in [0.15, 0.2) is 0 Å². The number of fused-ring (bicyclic) bond motifs is 1. The van der Waals surface area contributed by atoms with E-state index in [4.69, 9.17) is 9.47 Å². The minimum atomic E-state index is -1.13. The van der Waals surface area contributed by atoms with Crippen LogP contribution >= 0.6 is 0 Å².